The number of likely N-dealkylation sites (N-methyl/N-ethyl adjacent to an activating group) is 1. The zero-order valence-electron chi connectivity index (χ0n) is 18.7. The van der Waals surface area contributed by atoms with Crippen molar-refractivity contribution >= 4 is 0 Å². The second-order valence-corrected chi connectivity index (χ2v) is 8.58. The van der Waals surface area contributed by atoms with Gasteiger partial charge in [0.15, 0.2) is 0 Å². The first-order chi connectivity index (χ1) is 15.3. The smallest absolute Gasteiger partial charge is 0.416 e. The largest absolute Gasteiger partial charge is 0.494 e. The van der Waals surface area contributed by atoms with Crippen LogP contribution >= 0.6 is 0 Å². The number of nitrogens with zero attached hydrogens (tertiary/aromatic N) is 2. The fraction of sp³-hybridized carbons (Fsp3) is 0.520. The summed E-state index contributed by atoms with van der Waals surface area (Å²) in [4.78, 5) is 4.44. The lowest BCUT2D eigenvalue weighted by atomic mass is 10.1. The predicted octanol–water partition coefficient (Wildman–Crippen LogP) is 5.13. The minimum atomic E-state index is -4.37. The van der Waals surface area contributed by atoms with Crippen LogP contribution in [-0.2, 0) is 12.7 Å². The SMILES string of the molecule is CN(Cc1cccc(OCCCN2CCCCC2)c1)CC(O)c1ccc(C(F)(F)F)cc1. The Hall–Kier alpha value is -2.09. The Morgan fingerprint density at radius 2 is 1.78 bits per heavy atom. The van der Waals surface area contributed by atoms with E-state index in [9.17, 15) is 18.3 Å². The van der Waals surface area contributed by atoms with E-state index in [1.165, 1.54) is 44.5 Å². The van der Waals surface area contributed by atoms with Gasteiger partial charge in [-0.25, -0.2) is 0 Å². The number of aliphatic hydroxyl groups excluding tert-OH is 1. The molecular formula is C25H33F3N2O2. The van der Waals surface area contributed by atoms with Crippen molar-refractivity contribution in [2.45, 2.75) is 44.5 Å². The molecule has 1 saturated heterocycles. The summed E-state index contributed by atoms with van der Waals surface area (Å²) >= 11 is 0. The van der Waals surface area contributed by atoms with Gasteiger partial charge in [0.1, 0.15) is 5.75 Å². The maximum absolute atomic E-state index is 12.7. The third-order valence-corrected chi connectivity index (χ3v) is 5.79. The molecule has 3 rings (SSSR count). The van der Waals surface area contributed by atoms with Crippen LogP contribution in [0.3, 0.4) is 0 Å². The molecule has 1 heterocycles. The molecule has 1 fully saturated rings. The summed E-state index contributed by atoms with van der Waals surface area (Å²) in [6.45, 7) is 5.06. The van der Waals surface area contributed by atoms with E-state index in [-0.39, 0.29) is 0 Å². The van der Waals surface area contributed by atoms with Gasteiger partial charge in [-0.15, -0.1) is 0 Å². The van der Waals surface area contributed by atoms with Gasteiger partial charge in [-0.05, 0) is 74.8 Å². The van der Waals surface area contributed by atoms with Crippen molar-refractivity contribution in [1.29, 1.82) is 0 Å². The minimum Gasteiger partial charge on any atom is -0.494 e. The standard InChI is InChI=1S/C25H33F3N2O2/c1-29(19-24(31)21-9-11-22(12-10-21)25(26,27)28)18-20-7-5-8-23(17-20)32-16-6-15-30-13-3-2-4-14-30/h5,7-12,17,24,31H,2-4,6,13-16,18-19H2,1H3. The number of ether oxygens (including phenoxy) is 1. The van der Waals surface area contributed by atoms with E-state index in [0.717, 1.165) is 36.4 Å². The summed E-state index contributed by atoms with van der Waals surface area (Å²) < 4.78 is 44.0. The van der Waals surface area contributed by atoms with E-state index in [4.69, 9.17) is 4.74 Å². The van der Waals surface area contributed by atoms with Crippen LogP contribution in [0.25, 0.3) is 0 Å². The van der Waals surface area contributed by atoms with Crippen molar-refractivity contribution in [3.05, 3.63) is 65.2 Å². The van der Waals surface area contributed by atoms with E-state index in [1.54, 1.807) is 0 Å². The van der Waals surface area contributed by atoms with Gasteiger partial charge < -0.3 is 14.7 Å². The Morgan fingerprint density at radius 1 is 1.06 bits per heavy atom. The van der Waals surface area contributed by atoms with Gasteiger partial charge in [0.25, 0.3) is 0 Å². The Labute approximate surface area is 188 Å². The van der Waals surface area contributed by atoms with Gasteiger partial charge in [0, 0.05) is 19.6 Å². The molecule has 0 saturated carbocycles. The summed E-state index contributed by atoms with van der Waals surface area (Å²) in [6, 6.07) is 12.6. The molecule has 2 aromatic carbocycles. The zero-order chi connectivity index (χ0) is 23.0. The maximum atomic E-state index is 12.7. The van der Waals surface area contributed by atoms with Crippen LogP contribution in [0.2, 0.25) is 0 Å². The van der Waals surface area contributed by atoms with Crippen molar-refractivity contribution in [2.24, 2.45) is 0 Å². The minimum absolute atomic E-state index is 0.312. The second-order valence-electron chi connectivity index (χ2n) is 8.58. The average Bonchev–Trinajstić information content (AvgIpc) is 2.77. The summed E-state index contributed by atoms with van der Waals surface area (Å²) in [7, 11) is 1.87. The third-order valence-electron chi connectivity index (χ3n) is 5.79. The van der Waals surface area contributed by atoms with Crippen LogP contribution in [0.1, 0.15) is 48.5 Å². The number of benzene rings is 2. The number of piperidine rings is 1. The molecular weight excluding hydrogens is 417 g/mol. The molecule has 1 N–H and O–H groups in total. The Morgan fingerprint density at radius 3 is 2.47 bits per heavy atom. The van der Waals surface area contributed by atoms with Gasteiger partial charge in [-0.3, -0.25) is 4.90 Å². The second kappa shape index (κ2) is 11.7. The molecule has 4 nitrogen and oxygen atoms in total. The monoisotopic (exact) mass is 450 g/mol. The summed E-state index contributed by atoms with van der Waals surface area (Å²) in [5, 5.41) is 10.4. The first kappa shape index (κ1) is 24.6. The van der Waals surface area contributed by atoms with Crippen LogP contribution in [-0.4, -0.2) is 54.7 Å². The van der Waals surface area contributed by atoms with Crippen LogP contribution in [0, 0.1) is 0 Å². The summed E-state index contributed by atoms with van der Waals surface area (Å²) in [5.74, 6) is 0.831. The number of hydrogen-bond donors (Lipinski definition) is 1. The molecule has 1 unspecified atom stereocenters. The number of alkyl halides is 3. The van der Waals surface area contributed by atoms with Gasteiger partial charge in [-0.1, -0.05) is 30.7 Å². The van der Waals surface area contributed by atoms with E-state index >= 15 is 0 Å². The van der Waals surface area contributed by atoms with E-state index < -0.39 is 17.8 Å². The first-order valence-electron chi connectivity index (χ1n) is 11.3. The fourth-order valence-electron chi connectivity index (χ4n) is 4.07. The lowest BCUT2D eigenvalue weighted by molar-refractivity contribution is -0.137. The number of halogens is 3. The fourth-order valence-corrected chi connectivity index (χ4v) is 4.07. The third kappa shape index (κ3) is 7.80. The lowest BCUT2D eigenvalue weighted by Gasteiger charge is -2.26. The quantitative estimate of drug-likeness (QED) is 0.510. The predicted molar refractivity (Wildman–Crippen MR) is 120 cm³/mol. The molecule has 2 aromatic rings. The number of hydrogen-bond acceptors (Lipinski definition) is 4. The molecule has 176 valence electrons. The van der Waals surface area contributed by atoms with Crippen molar-refractivity contribution in [2.75, 3.05) is 39.8 Å². The molecule has 0 aromatic heterocycles. The van der Waals surface area contributed by atoms with E-state index in [1.807, 2.05) is 36.2 Å². The molecule has 32 heavy (non-hydrogen) atoms. The highest BCUT2D eigenvalue weighted by atomic mass is 19.4. The first-order valence-corrected chi connectivity index (χ1v) is 11.3. The molecule has 0 aliphatic carbocycles. The normalized spacial score (nSPS) is 16.3. The van der Waals surface area contributed by atoms with Crippen LogP contribution in [0.15, 0.2) is 48.5 Å². The van der Waals surface area contributed by atoms with Gasteiger partial charge in [-0.2, -0.15) is 13.2 Å². The molecule has 0 spiro atoms. The summed E-state index contributed by atoms with van der Waals surface area (Å²) in [5.41, 5.74) is 0.811. The number of likely N-dealkylation sites (tertiary alicyclic amines) is 1. The van der Waals surface area contributed by atoms with E-state index in [2.05, 4.69) is 4.90 Å². The Kier molecular flexibility index (Phi) is 8.96. The van der Waals surface area contributed by atoms with E-state index in [0.29, 0.717) is 25.3 Å². The van der Waals surface area contributed by atoms with Gasteiger partial charge in [0.2, 0.25) is 0 Å². The van der Waals surface area contributed by atoms with Gasteiger partial charge >= 0.3 is 6.18 Å². The molecule has 1 aliphatic heterocycles. The molecule has 0 bridgehead atoms. The van der Waals surface area contributed by atoms with Crippen LogP contribution in [0.4, 0.5) is 13.2 Å². The number of rotatable bonds is 10. The molecule has 0 radical (unpaired) electrons. The topological polar surface area (TPSA) is 35.9 Å². The van der Waals surface area contributed by atoms with Crippen LogP contribution in [0.5, 0.6) is 5.75 Å². The van der Waals surface area contributed by atoms with Crippen molar-refractivity contribution in [3.63, 3.8) is 0 Å². The highest BCUT2D eigenvalue weighted by molar-refractivity contribution is 5.29. The summed E-state index contributed by atoms with van der Waals surface area (Å²) in [6.07, 6.45) is -0.301. The molecule has 7 heteroatoms. The average molecular weight is 451 g/mol. The highest BCUT2D eigenvalue weighted by Crippen LogP contribution is 2.30. The Bertz CT molecular complexity index is 821. The Balaban J connectivity index is 1.43. The maximum Gasteiger partial charge on any atom is 0.416 e. The van der Waals surface area contributed by atoms with Crippen molar-refractivity contribution in [1.82, 2.24) is 9.80 Å². The van der Waals surface area contributed by atoms with Gasteiger partial charge in [0.05, 0.1) is 18.3 Å². The molecule has 1 atom stereocenters. The molecule has 1 aliphatic rings. The number of aliphatic hydroxyl groups is 1. The molecule has 0 amide bonds. The van der Waals surface area contributed by atoms with Crippen molar-refractivity contribution in [3.8, 4) is 5.75 Å². The van der Waals surface area contributed by atoms with Crippen LogP contribution < -0.4 is 4.74 Å². The highest BCUT2D eigenvalue weighted by Gasteiger charge is 2.30. The lowest BCUT2D eigenvalue weighted by Crippen LogP contribution is -2.31. The van der Waals surface area contributed by atoms with Crippen molar-refractivity contribution < 1.29 is 23.0 Å². The zero-order valence-corrected chi connectivity index (χ0v) is 18.7.